The van der Waals surface area contributed by atoms with Crippen molar-refractivity contribution in [3.05, 3.63) is 11.4 Å². The Kier molecular flexibility index (Phi) is 7.64. The standard InChI is InChI=1S/C14H25N5O2.ClH/c1-11-14(12(2)18(3)17-11)21-10-13(20)16-6-9-19-7-4-15-5-8-19;/h15H,4-10H2,1-3H3,(H,16,20);1H. The molecule has 2 rings (SSSR count). The number of piperazine rings is 1. The Labute approximate surface area is 137 Å². The van der Waals surface area contributed by atoms with Gasteiger partial charge in [0, 0.05) is 46.3 Å². The van der Waals surface area contributed by atoms with Crippen LogP contribution in [0.15, 0.2) is 0 Å². The zero-order valence-corrected chi connectivity index (χ0v) is 14.3. The highest BCUT2D eigenvalue weighted by molar-refractivity contribution is 5.85. The summed E-state index contributed by atoms with van der Waals surface area (Å²) in [7, 11) is 1.86. The summed E-state index contributed by atoms with van der Waals surface area (Å²) in [5, 5.41) is 10.5. The van der Waals surface area contributed by atoms with Crippen molar-refractivity contribution < 1.29 is 9.53 Å². The molecule has 1 aromatic rings. The summed E-state index contributed by atoms with van der Waals surface area (Å²) < 4.78 is 7.33. The van der Waals surface area contributed by atoms with Crippen LogP contribution in [0.2, 0.25) is 0 Å². The van der Waals surface area contributed by atoms with Gasteiger partial charge in [-0.15, -0.1) is 12.4 Å². The maximum absolute atomic E-state index is 11.8. The minimum Gasteiger partial charge on any atom is -0.480 e. The van der Waals surface area contributed by atoms with Crippen molar-refractivity contribution in [2.24, 2.45) is 7.05 Å². The maximum atomic E-state index is 11.8. The summed E-state index contributed by atoms with van der Waals surface area (Å²) in [4.78, 5) is 14.1. The van der Waals surface area contributed by atoms with E-state index >= 15 is 0 Å². The second-order valence-corrected chi connectivity index (χ2v) is 5.35. The number of hydrogen-bond acceptors (Lipinski definition) is 5. The van der Waals surface area contributed by atoms with E-state index in [9.17, 15) is 4.79 Å². The minimum atomic E-state index is -0.0900. The number of ether oxygens (including phenoxy) is 1. The molecule has 0 bridgehead atoms. The first-order valence-corrected chi connectivity index (χ1v) is 7.40. The summed E-state index contributed by atoms with van der Waals surface area (Å²) in [6.45, 7) is 9.52. The molecular formula is C14H26ClN5O2. The summed E-state index contributed by atoms with van der Waals surface area (Å²) >= 11 is 0. The van der Waals surface area contributed by atoms with Crippen LogP contribution in [-0.4, -0.2) is 66.5 Å². The van der Waals surface area contributed by atoms with Gasteiger partial charge in [-0.2, -0.15) is 5.10 Å². The first-order chi connectivity index (χ1) is 10.1. The number of nitrogens with zero attached hydrogens (tertiary/aromatic N) is 3. The topological polar surface area (TPSA) is 71.4 Å². The predicted molar refractivity (Wildman–Crippen MR) is 87.7 cm³/mol. The average Bonchev–Trinajstić information content (AvgIpc) is 2.71. The van der Waals surface area contributed by atoms with Gasteiger partial charge in [-0.05, 0) is 13.8 Å². The third kappa shape index (κ3) is 5.15. The lowest BCUT2D eigenvalue weighted by Gasteiger charge is -2.27. The van der Waals surface area contributed by atoms with Crippen LogP contribution in [0.4, 0.5) is 0 Å². The average molecular weight is 332 g/mol. The zero-order chi connectivity index (χ0) is 15.2. The van der Waals surface area contributed by atoms with Crippen LogP contribution in [0.5, 0.6) is 5.75 Å². The monoisotopic (exact) mass is 331 g/mol. The fourth-order valence-electron chi connectivity index (χ4n) is 2.44. The third-order valence-corrected chi connectivity index (χ3v) is 3.75. The highest BCUT2D eigenvalue weighted by Gasteiger charge is 2.13. The van der Waals surface area contributed by atoms with Gasteiger partial charge >= 0.3 is 0 Å². The second kappa shape index (κ2) is 8.97. The lowest BCUT2D eigenvalue weighted by molar-refractivity contribution is -0.123. The Morgan fingerprint density at radius 3 is 2.64 bits per heavy atom. The fourth-order valence-corrected chi connectivity index (χ4v) is 2.44. The van der Waals surface area contributed by atoms with E-state index in [4.69, 9.17) is 4.74 Å². The molecule has 0 spiro atoms. The molecule has 0 saturated carbocycles. The summed E-state index contributed by atoms with van der Waals surface area (Å²) in [5.74, 6) is 0.613. The molecule has 1 fully saturated rings. The van der Waals surface area contributed by atoms with Crippen molar-refractivity contribution in [3.63, 3.8) is 0 Å². The molecule has 1 saturated heterocycles. The van der Waals surface area contributed by atoms with E-state index < -0.39 is 0 Å². The van der Waals surface area contributed by atoms with Gasteiger partial charge in [-0.3, -0.25) is 14.4 Å². The van der Waals surface area contributed by atoms with E-state index in [0.29, 0.717) is 12.3 Å². The normalized spacial score (nSPS) is 15.2. The largest absolute Gasteiger partial charge is 0.480 e. The van der Waals surface area contributed by atoms with Crippen molar-refractivity contribution in [1.82, 2.24) is 25.3 Å². The van der Waals surface area contributed by atoms with Crippen molar-refractivity contribution in [1.29, 1.82) is 0 Å². The fraction of sp³-hybridized carbons (Fsp3) is 0.714. The van der Waals surface area contributed by atoms with Gasteiger partial charge < -0.3 is 15.4 Å². The van der Waals surface area contributed by atoms with Crippen molar-refractivity contribution in [2.75, 3.05) is 45.9 Å². The Morgan fingerprint density at radius 2 is 2.05 bits per heavy atom. The molecule has 0 aromatic carbocycles. The van der Waals surface area contributed by atoms with Crippen LogP contribution in [0.25, 0.3) is 0 Å². The molecule has 22 heavy (non-hydrogen) atoms. The molecule has 7 nitrogen and oxygen atoms in total. The highest BCUT2D eigenvalue weighted by Crippen LogP contribution is 2.20. The van der Waals surface area contributed by atoms with Crippen LogP contribution < -0.4 is 15.4 Å². The van der Waals surface area contributed by atoms with E-state index in [1.54, 1.807) is 4.68 Å². The number of nitrogens with one attached hydrogen (secondary N) is 2. The summed E-state index contributed by atoms with van der Waals surface area (Å²) in [5.41, 5.74) is 1.74. The Bertz CT molecular complexity index is 486. The van der Waals surface area contributed by atoms with E-state index in [0.717, 1.165) is 44.1 Å². The number of carbonyl (C=O) groups excluding carboxylic acids is 1. The van der Waals surface area contributed by atoms with Gasteiger partial charge in [0.15, 0.2) is 12.4 Å². The van der Waals surface area contributed by atoms with Gasteiger partial charge in [-0.1, -0.05) is 0 Å². The van der Waals surface area contributed by atoms with Gasteiger partial charge in [0.25, 0.3) is 5.91 Å². The molecule has 0 radical (unpaired) electrons. The highest BCUT2D eigenvalue weighted by atomic mass is 35.5. The van der Waals surface area contributed by atoms with Gasteiger partial charge in [0.2, 0.25) is 0 Å². The smallest absolute Gasteiger partial charge is 0.257 e. The van der Waals surface area contributed by atoms with Crippen LogP contribution >= 0.6 is 12.4 Å². The van der Waals surface area contributed by atoms with Crippen molar-refractivity contribution >= 4 is 18.3 Å². The van der Waals surface area contributed by atoms with Gasteiger partial charge in [-0.25, -0.2) is 0 Å². The zero-order valence-electron chi connectivity index (χ0n) is 13.5. The number of aryl methyl sites for hydroxylation is 2. The predicted octanol–water partition coefficient (Wildman–Crippen LogP) is -0.141. The number of hydrogen-bond donors (Lipinski definition) is 2. The molecule has 0 unspecified atom stereocenters. The quantitative estimate of drug-likeness (QED) is 0.759. The maximum Gasteiger partial charge on any atom is 0.257 e. The van der Waals surface area contributed by atoms with Crippen LogP contribution in [0.3, 0.4) is 0 Å². The third-order valence-electron chi connectivity index (χ3n) is 3.75. The first kappa shape index (κ1) is 18.7. The molecule has 0 atom stereocenters. The SMILES string of the molecule is Cc1nn(C)c(C)c1OCC(=O)NCCN1CCNCC1.Cl. The molecule has 8 heteroatoms. The van der Waals surface area contributed by atoms with E-state index in [2.05, 4.69) is 20.6 Å². The van der Waals surface area contributed by atoms with Crippen LogP contribution in [0, 0.1) is 13.8 Å². The molecule has 0 aliphatic carbocycles. The molecule has 2 heterocycles. The Balaban J connectivity index is 0.00000242. The Hall–Kier alpha value is -1.31. The molecule has 2 N–H and O–H groups in total. The Morgan fingerprint density at radius 1 is 1.36 bits per heavy atom. The van der Waals surface area contributed by atoms with Crippen molar-refractivity contribution in [3.8, 4) is 5.75 Å². The van der Waals surface area contributed by atoms with Gasteiger partial charge in [0.1, 0.15) is 5.69 Å². The molecule has 126 valence electrons. The molecule has 1 aliphatic rings. The minimum absolute atomic E-state index is 0. The summed E-state index contributed by atoms with van der Waals surface area (Å²) in [6, 6.07) is 0. The number of aromatic nitrogens is 2. The lowest BCUT2D eigenvalue weighted by atomic mass is 10.3. The molecule has 1 amide bonds. The van der Waals surface area contributed by atoms with Crippen LogP contribution in [-0.2, 0) is 11.8 Å². The molecule has 1 aliphatic heterocycles. The van der Waals surface area contributed by atoms with E-state index in [1.165, 1.54) is 0 Å². The van der Waals surface area contributed by atoms with Gasteiger partial charge in [0.05, 0.1) is 5.69 Å². The first-order valence-electron chi connectivity index (χ1n) is 7.40. The number of carbonyl (C=O) groups is 1. The number of halogens is 1. The van der Waals surface area contributed by atoms with E-state index in [1.807, 2.05) is 20.9 Å². The lowest BCUT2D eigenvalue weighted by Crippen LogP contribution is -2.46. The van der Waals surface area contributed by atoms with Crippen LogP contribution in [0.1, 0.15) is 11.4 Å². The summed E-state index contributed by atoms with van der Waals surface area (Å²) in [6.07, 6.45) is 0. The number of rotatable bonds is 6. The number of amides is 1. The van der Waals surface area contributed by atoms with Crippen molar-refractivity contribution in [2.45, 2.75) is 13.8 Å². The molecule has 1 aromatic heterocycles. The van der Waals surface area contributed by atoms with E-state index in [-0.39, 0.29) is 24.9 Å². The second-order valence-electron chi connectivity index (χ2n) is 5.35. The molecular weight excluding hydrogens is 306 g/mol.